The molecule has 1 aromatic rings. The van der Waals surface area contributed by atoms with Crippen LogP contribution in [-0.2, 0) is 30.6 Å². The number of amides is 1. The minimum Gasteiger partial charge on any atom is -0.456 e. The van der Waals surface area contributed by atoms with E-state index in [1.54, 1.807) is 0 Å². The Hall–Kier alpha value is -1.89. The van der Waals surface area contributed by atoms with Crippen LogP contribution in [-0.4, -0.2) is 38.4 Å². The molecule has 6 nitrogen and oxygen atoms in total. The molecule has 1 aliphatic carbocycles. The van der Waals surface area contributed by atoms with E-state index < -0.39 is 15.8 Å². The Bertz CT molecular complexity index is 758. The lowest BCUT2D eigenvalue weighted by Crippen LogP contribution is -2.34. The number of nitrogens with one attached hydrogen (secondary N) is 1. The predicted octanol–water partition coefficient (Wildman–Crippen LogP) is 1.55. The van der Waals surface area contributed by atoms with Crippen molar-refractivity contribution in [3.8, 4) is 0 Å². The van der Waals surface area contributed by atoms with Gasteiger partial charge in [-0.15, -0.1) is 0 Å². The molecule has 2 atom stereocenters. The predicted molar refractivity (Wildman–Crippen MR) is 92.6 cm³/mol. The van der Waals surface area contributed by atoms with Crippen molar-refractivity contribution in [1.82, 2.24) is 5.32 Å². The number of hydrogen-bond acceptors (Lipinski definition) is 5. The maximum atomic E-state index is 12.1. The number of aryl methyl sites for hydroxylation is 1. The molecule has 25 heavy (non-hydrogen) atoms. The van der Waals surface area contributed by atoms with E-state index in [-0.39, 0.29) is 42.4 Å². The highest BCUT2D eigenvalue weighted by Gasteiger charge is 2.30. The summed E-state index contributed by atoms with van der Waals surface area (Å²) in [5, 5.41) is 2.93. The van der Waals surface area contributed by atoms with Gasteiger partial charge in [0.05, 0.1) is 17.5 Å². The summed E-state index contributed by atoms with van der Waals surface area (Å²) in [6.07, 6.45) is 3.44. The fourth-order valence-corrected chi connectivity index (χ4v) is 5.48. The van der Waals surface area contributed by atoms with Gasteiger partial charge in [-0.2, -0.15) is 0 Å². The number of carbonyl (C=O) groups excluding carboxylic acids is 2. The number of ether oxygens (including phenoxy) is 1. The van der Waals surface area contributed by atoms with E-state index >= 15 is 0 Å². The van der Waals surface area contributed by atoms with Crippen LogP contribution in [0.15, 0.2) is 24.3 Å². The molecule has 2 aliphatic rings. The number of carbonyl (C=O) groups is 2. The average Bonchev–Trinajstić information content (AvgIpc) is 2.92. The fourth-order valence-electron chi connectivity index (χ4n) is 3.61. The molecule has 0 spiro atoms. The number of rotatable bonds is 5. The topological polar surface area (TPSA) is 89.5 Å². The first-order chi connectivity index (χ1) is 11.9. The van der Waals surface area contributed by atoms with E-state index in [0.29, 0.717) is 6.42 Å². The van der Waals surface area contributed by atoms with Gasteiger partial charge in [-0.25, -0.2) is 8.42 Å². The third-order valence-electron chi connectivity index (χ3n) is 4.85. The second-order valence-corrected chi connectivity index (χ2v) is 9.07. The van der Waals surface area contributed by atoms with Gasteiger partial charge in [0.2, 0.25) is 0 Å². The summed E-state index contributed by atoms with van der Waals surface area (Å²) in [6, 6.07) is 8.00. The van der Waals surface area contributed by atoms with Crippen LogP contribution in [0.4, 0.5) is 0 Å². The number of esters is 1. The highest BCUT2D eigenvalue weighted by molar-refractivity contribution is 7.91. The number of fused-ring (bicyclic) bond motifs is 1. The molecule has 0 aromatic heterocycles. The lowest BCUT2D eigenvalue weighted by molar-refractivity contribution is -0.149. The summed E-state index contributed by atoms with van der Waals surface area (Å²) in [6.45, 7) is -0.322. The first kappa shape index (κ1) is 17.9. The first-order valence-electron chi connectivity index (χ1n) is 8.66. The molecular formula is C18H23NO5S. The molecule has 136 valence electrons. The molecule has 0 unspecified atom stereocenters. The zero-order chi connectivity index (χ0) is 17.9. The minimum atomic E-state index is -3.01. The standard InChI is InChI=1S/C18H23NO5S/c20-17(11-24-18(21)10-13-8-9-25(22,23)12-13)19-16-7-3-5-14-4-1-2-6-15(14)16/h1-2,4,6,13,16H,3,5,7-12H2,(H,19,20)/t13-,16+/m0/s1. The lowest BCUT2D eigenvalue weighted by atomic mass is 9.88. The van der Waals surface area contributed by atoms with Crippen LogP contribution >= 0.6 is 0 Å². The van der Waals surface area contributed by atoms with Crippen LogP contribution in [0.1, 0.15) is 42.9 Å². The molecule has 1 saturated heterocycles. The van der Waals surface area contributed by atoms with Gasteiger partial charge in [0.25, 0.3) is 5.91 Å². The maximum Gasteiger partial charge on any atom is 0.306 e. The van der Waals surface area contributed by atoms with E-state index in [1.165, 1.54) is 5.56 Å². The minimum absolute atomic E-state index is 0.0349. The normalized spacial score (nSPS) is 24.3. The third-order valence-corrected chi connectivity index (χ3v) is 6.69. The van der Waals surface area contributed by atoms with Gasteiger partial charge in [-0.05, 0) is 42.7 Å². The van der Waals surface area contributed by atoms with Crippen LogP contribution in [0.2, 0.25) is 0 Å². The van der Waals surface area contributed by atoms with Crippen molar-refractivity contribution < 1.29 is 22.7 Å². The van der Waals surface area contributed by atoms with Gasteiger partial charge < -0.3 is 10.1 Å². The van der Waals surface area contributed by atoms with E-state index in [1.807, 2.05) is 18.2 Å². The SMILES string of the molecule is O=C(COC(=O)C[C@@H]1CCS(=O)(=O)C1)N[C@@H]1CCCc2ccccc21. The van der Waals surface area contributed by atoms with Gasteiger partial charge in [-0.1, -0.05) is 24.3 Å². The summed E-state index contributed by atoms with van der Waals surface area (Å²) in [4.78, 5) is 23.9. The molecule has 0 saturated carbocycles. The fraction of sp³-hybridized carbons (Fsp3) is 0.556. The molecule has 0 bridgehead atoms. The van der Waals surface area contributed by atoms with Crippen LogP contribution in [0.25, 0.3) is 0 Å². The van der Waals surface area contributed by atoms with Crippen molar-refractivity contribution in [2.24, 2.45) is 5.92 Å². The molecule has 1 aromatic carbocycles. The smallest absolute Gasteiger partial charge is 0.306 e. The van der Waals surface area contributed by atoms with Gasteiger partial charge in [-0.3, -0.25) is 9.59 Å². The van der Waals surface area contributed by atoms with Crippen molar-refractivity contribution in [2.45, 2.75) is 38.1 Å². The number of benzene rings is 1. The van der Waals surface area contributed by atoms with Gasteiger partial charge >= 0.3 is 5.97 Å². The van der Waals surface area contributed by atoms with Gasteiger partial charge in [0, 0.05) is 6.42 Å². The van der Waals surface area contributed by atoms with Gasteiger partial charge in [0.1, 0.15) is 0 Å². The third kappa shape index (κ3) is 4.81. The summed E-state index contributed by atoms with van der Waals surface area (Å²) in [5.74, 6) is -0.860. The number of sulfone groups is 1. The molecule has 1 heterocycles. The first-order valence-corrected chi connectivity index (χ1v) is 10.5. The van der Waals surface area contributed by atoms with E-state index in [0.717, 1.165) is 24.8 Å². The second kappa shape index (κ2) is 7.56. The largest absolute Gasteiger partial charge is 0.456 e. The Kier molecular flexibility index (Phi) is 5.42. The van der Waals surface area contributed by atoms with Gasteiger partial charge in [0.15, 0.2) is 16.4 Å². The Labute approximate surface area is 147 Å². The Balaban J connectivity index is 1.45. The zero-order valence-electron chi connectivity index (χ0n) is 14.1. The highest BCUT2D eigenvalue weighted by atomic mass is 32.2. The van der Waals surface area contributed by atoms with Crippen LogP contribution in [0.3, 0.4) is 0 Å². The van der Waals surface area contributed by atoms with Crippen LogP contribution < -0.4 is 5.32 Å². The quantitative estimate of drug-likeness (QED) is 0.800. The zero-order valence-corrected chi connectivity index (χ0v) is 14.9. The lowest BCUT2D eigenvalue weighted by Gasteiger charge is -2.26. The van der Waals surface area contributed by atoms with Crippen LogP contribution in [0, 0.1) is 5.92 Å². The monoisotopic (exact) mass is 365 g/mol. The summed E-state index contributed by atoms with van der Waals surface area (Å²) >= 11 is 0. The highest BCUT2D eigenvalue weighted by Crippen LogP contribution is 2.29. The second-order valence-electron chi connectivity index (χ2n) is 6.85. The molecule has 1 amide bonds. The summed E-state index contributed by atoms with van der Waals surface area (Å²) < 4.78 is 27.8. The van der Waals surface area contributed by atoms with Crippen molar-refractivity contribution in [3.63, 3.8) is 0 Å². The molecule has 1 N–H and O–H groups in total. The molecular weight excluding hydrogens is 342 g/mol. The maximum absolute atomic E-state index is 12.1. The van der Waals surface area contributed by atoms with E-state index in [9.17, 15) is 18.0 Å². The van der Waals surface area contributed by atoms with E-state index in [4.69, 9.17) is 4.74 Å². The average molecular weight is 365 g/mol. The molecule has 3 rings (SSSR count). The molecule has 1 fully saturated rings. The van der Waals surface area contributed by atoms with Crippen molar-refractivity contribution in [3.05, 3.63) is 35.4 Å². The molecule has 1 aliphatic heterocycles. The van der Waals surface area contributed by atoms with Crippen LogP contribution in [0.5, 0.6) is 0 Å². The summed E-state index contributed by atoms with van der Waals surface area (Å²) in [5.41, 5.74) is 2.38. The summed E-state index contributed by atoms with van der Waals surface area (Å²) in [7, 11) is -3.01. The van der Waals surface area contributed by atoms with Crippen molar-refractivity contribution >= 4 is 21.7 Å². The Morgan fingerprint density at radius 3 is 2.76 bits per heavy atom. The molecule has 7 heteroatoms. The number of hydrogen-bond donors (Lipinski definition) is 1. The van der Waals surface area contributed by atoms with Crippen molar-refractivity contribution in [1.29, 1.82) is 0 Å². The van der Waals surface area contributed by atoms with E-state index in [2.05, 4.69) is 11.4 Å². The Morgan fingerprint density at radius 2 is 2.00 bits per heavy atom. The molecule has 0 radical (unpaired) electrons. The Morgan fingerprint density at radius 1 is 1.20 bits per heavy atom. The van der Waals surface area contributed by atoms with Crippen molar-refractivity contribution in [2.75, 3.05) is 18.1 Å².